The second kappa shape index (κ2) is 10.3. The third kappa shape index (κ3) is 7.45. The number of carbonyl (C=O) groups is 2. The summed E-state index contributed by atoms with van der Waals surface area (Å²) >= 11 is 0. The van der Waals surface area contributed by atoms with E-state index in [-0.39, 0.29) is 30.7 Å². The zero-order valence-electron chi connectivity index (χ0n) is 19.5. The van der Waals surface area contributed by atoms with Gasteiger partial charge in [0.25, 0.3) is 0 Å². The summed E-state index contributed by atoms with van der Waals surface area (Å²) < 4.78 is 13.4. The number of amides is 3. The molecule has 0 aromatic heterocycles. The van der Waals surface area contributed by atoms with Gasteiger partial charge in [0, 0.05) is 16.9 Å². The Balaban J connectivity index is 1.81. The topological polar surface area (TPSA) is 61.4 Å². The van der Waals surface area contributed by atoms with Crippen LogP contribution in [0.5, 0.6) is 0 Å². The minimum absolute atomic E-state index is 0.137. The van der Waals surface area contributed by atoms with E-state index in [1.165, 1.54) is 12.1 Å². The summed E-state index contributed by atoms with van der Waals surface area (Å²) in [6, 6.07) is 20.8. The number of carbonyl (C=O) groups excluding carboxylic acids is 2. The van der Waals surface area contributed by atoms with Crippen molar-refractivity contribution in [3.8, 4) is 0 Å². The maximum atomic E-state index is 13.4. The summed E-state index contributed by atoms with van der Waals surface area (Å²) in [6.45, 7) is 7.96. The van der Waals surface area contributed by atoms with Gasteiger partial charge >= 0.3 is 6.03 Å². The van der Waals surface area contributed by atoms with Gasteiger partial charge in [0.05, 0.1) is 13.0 Å². The number of aryl methyl sites for hydroxylation is 1. The summed E-state index contributed by atoms with van der Waals surface area (Å²) in [4.78, 5) is 27.3. The van der Waals surface area contributed by atoms with Crippen LogP contribution in [-0.4, -0.2) is 17.5 Å². The number of rotatable bonds is 6. The maximum Gasteiger partial charge on any atom is 0.322 e. The molecule has 0 fully saturated rings. The fourth-order valence-corrected chi connectivity index (χ4v) is 3.39. The Kier molecular flexibility index (Phi) is 7.48. The molecule has 3 aromatic rings. The smallest absolute Gasteiger partial charge is 0.322 e. The van der Waals surface area contributed by atoms with E-state index in [1.54, 1.807) is 17.0 Å². The van der Waals surface area contributed by atoms with Gasteiger partial charge in [-0.05, 0) is 80.8 Å². The van der Waals surface area contributed by atoms with Crippen molar-refractivity contribution in [1.29, 1.82) is 0 Å². The van der Waals surface area contributed by atoms with Crippen LogP contribution in [0, 0.1) is 12.7 Å². The normalized spacial score (nSPS) is 11.1. The van der Waals surface area contributed by atoms with E-state index in [9.17, 15) is 14.0 Å². The Morgan fingerprint density at radius 2 is 1.61 bits per heavy atom. The second-order valence-corrected chi connectivity index (χ2v) is 9.16. The molecule has 33 heavy (non-hydrogen) atoms. The SMILES string of the molecule is Cc1cccc(NC(=O)Cc2cccc(N(Cc3ccc(F)cc3)C(=O)NC(C)(C)C)c2)c1. The van der Waals surface area contributed by atoms with Gasteiger partial charge in [0.1, 0.15) is 5.82 Å². The molecule has 0 aliphatic rings. The average molecular weight is 448 g/mol. The lowest BCUT2D eigenvalue weighted by atomic mass is 10.1. The van der Waals surface area contributed by atoms with Crippen LogP contribution in [-0.2, 0) is 17.8 Å². The monoisotopic (exact) mass is 447 g/mol. The van der Waals surface area contributed by atoms with E-state index in [4.69, 9.17) is 0 Å². The molecule has 0 saturated heterocycles. The van der Waals surface area contributed by atoms with Crippen molar-refractivity contribution >= 4 is 23.3 Å². The second-order valence-electron chi connectivity index (χ2n) is 9.16. The highest BCUT2D eigenvalue weighted by Gasteiger charge is 2.22. The molecule has 0 spiro atoms. The van der Waals surface area contributed by atoms with Crippen molar-refractivity contribution in [1.82, 2.24) is 5.32 Å². The van der Waals surface area contributed by atoms with E-state index in [1.807, 2.05) is 76.2 Å². The number of anilines is 2. The first kappa shape index (κ1) is 24.0. The predicted molar refractivity (Wildman–Crippen MR) is 131 cm³/mol. The van der Waals surface area contributed by atoms with Crippen LogP contribution in [0.25, 0.3) is 0 Å². The van der Waals surface area contributed by atoms with Crippen LogP contribution in [0.2, 0.25) is 0 Å². The molecule has 3 aromatic carbocycles. The van der Waals surface area contributed by atoms with Crippen molar-refractivity contribution < 1.29 is 14.0 Å². The Morgan fingerprint density at radius 1 is 0.909 bits per heavy atom. The van der Waals surface area contributed by atoms with Crippen LogP contribution in [0.4, 0.5) is 20.6 Å². The van der Waals surface area contributed by atoms with Crippen LogP contribution < -0.4 is 15.5 Å². The van der Waals surface area contributed by atoms with E-state index < -0.39 is 5.54 Å². The highest BCUT2D eigenvalue weighted by molar-refractivity contribution is 5.94. The third-order valence-corrected chi connectivity index (χ3v) is 4.87. The van der Waals surface area contributed by atoms with Crippen molar-refractivity contribution in [3.63, 3.8) is 0 Å². The molecule has 0 saturated carbocycles. The fourth-order valence-electron chi connectivity index (χ4n) is 3.39. The van der Waals surface area contributed by atoms with Gasteiger partial charge < -0.3 is 10.6 Å². The van der Waals surface area contributed by atoms with Crippen LogP contribution in [0.3, 0.4) is 0 Å². The van der Waals surface area contributed by atoms with Gasteiger partial charge in [0.15, 0.2) is 0 Å². The Bertz CT molecular complexity index is 1120. The first-order valence-corrected chi connectivity index (χ1v) is 10.9. The zero-order chi connectivity index (χ0) is 24.0. The molecule has 0 bridgehead atoms. The molecule has 2 N–H and O–H groups in total. The molecule has 5 nitrogen and oxygen atoms in total. The van der Waals surface area contributed by atoms with E-state index in [0.717, 1.165) is 22.4 Å². The molecule has 0 unspecified atom stereocenters. The standard InChI is InChI=1S/C27H30FN3O2/c1-19-7-5-9-23(15-19)29-25(32)17-21-8-6-10-24(16-21)31(26(33)30-27(2,3)4)18-20-11-13-22(28)14-12-20/h5-16H,17-18H2,1-4H3,(H,29,32)(H,30,33). The van der Waals surface area contributed by atoms with Crippen molar-refractivity contribution in [3.05, 3.63) is 95.3 Å². The van der Waals surface area contributed by atoms with Crippen LogP contribution in [0.15, 0.2) is 72.8 Å². The van der Waals surface area contributed by atoms with E-state index in [2.05, 4.69) is 10.6 Å². The molecule has 3 rings (SSSR count). The minimum atomic E-state index is -0.427. The highest BCUT2D eigenvalue weighted by Crippen LogP contribution is 2.21. The lowest BCUT2D eigenvalue weighted by molar-refractivity contribution is -0.115. The molecule has 172 valence electrons. The van der Waals surface area contributed by atoms with Gasteiger partial charge in [-0.2, -0.15) is 0 Å². The maximum absolute atomic E-state index is 13.4. The zero-order valence-corrected chi connectivity index (χ0v) is 19.5. The summed E-state index contributed by atoms with van der Waals surface area (Å²) in [5.41, 5.74) is 3.62. The fraction of sp³-hybridized carbons (Fsp3) is 0.259. The third-order valence-electron chi connectivity index (χ3n) is 4.87. The number of halogens is 1. The lowest BCUT2D eigenvalue weighted by Crippen LogP contribution is -2.48. The van der Waals surface area contributed by atoms with Gasteiger partial charge in [-0.3, -0.25) is 9.69 Å². The number of hydrogen-bond acceptors (Lipinski definition) is 2. The molecule has 0 heterocycles. The molecule has 0 radical (unpaired) electrons. The van der Waals surface area contributed by atoms with Crippen molar-refractivity contribution in [2.24, 2.45) is 0 Å². The summed E-state index contributed by atoms with van der Waals surface area (Å²) in [5, 5.41) is 5.89. The largest absolute Gasteiger partial charge is 0.333 e. The number of hydrogen-bond donors (Lipinski definition) is 2. The Labute approximate surface area is 194 Å². The van der Waals surface area contributed by atoms with Crippen LogP contribution >= 0.6 is 0 Å². The van der Waals surface area contributed by atoms with Gasteiger partial charge in [-0.15, -0.1) is 0 Å². The number of nitrogens with one attached hydrogen (secondary N) is 2. The van der Waals surface area contributed by atoms with Gasteiger partial charge in [0.2, 0.25) is 5.91 Å². The molecule has 0 aliphatic heterocycles. The molecule has 0 aliphatic carbocycles. The molecular formula is C27H30FN3O2. The number of urea groups is 1. The Hall–Kier alpha value is -3.67. The summed E-state index contributed by atoms with van der Waals surface area (Å²) in [5.74, 6) is -0.465. The lowest BCUT2D eigenvalue weighted by Gasteiger charge is -2.29. The van der Waals surface area contributed by atoms with Crippen LogP contribution in [0.1, 0.15) is 37.5 Å². The predicted octanol–water partition coefficient (Wildman–Crippen LogP) is 5.83. The van der Waals surface area contributed by atoms with Crippen molar-refractivity contribution in [2.75, 3.05) is 10.2 Å². The molecular weight excluding hydrogens is 417 g/mol. The Morgan fingerprint density at radius 3 is 2.27 bits per heavy atom. The minimum Gasteiger partial charge on any atom is -0.333 e. The summed E-state index contributed by atoms with van der Waals surface area (Å²) in [7, 11) is 0. The highest BCUT2D eigenvalue weighted by atomic mass is 19.1. The molecule has 3 amide bonds. The first-order chi connectivity index (χ1) is 15.6. The average Bonchev–Trinajstić information content (AvgIpc) is 2.72. The van der Waals surface area contributed by atoms with Gasteiger partial charge in [-0.1, -0.05) is 36.4 Å². The number of nitrogens with zero attached hydrogens (tertiary/aromatic N) is 1. The number of benzene rings is 3. The summed E-state index contributed by atoms with van der Waals surface area (Å²) in [6.07, 6.45) is 0.174. The first-order valence-electron chi connectivity index (χ1n) is 10.9. The molecule has 0 atom stereocenters. The van der Waals surface area contributed by atoms with Crippen molar-refractivity contribution in [2.45, 2.75) is 46.2 Å². The van der Waals surface area contributed by atoms with E-state index >= 15 is 0 Å². The molecule has 6 heteroatoms. The van der Waals surface area contributed by atoms with Gasteiger partial charge in [-0.25, -0.2) is 9.18 Å². The van der Waals surface area contributed by atoms with E-state index in [0.29, 0.717) is 5.69 Å². The quantitative estimate of drug-likeness (QED) is 0.499.